The van der Waals surface area contributed by atoms with Gasteiger partial charge < -0.3 is 0 Å². The third-order valence-corrected chi connectivity index (χ3v) is 6.72. The highest BCUT2D eigenvalue weighted by molar-refractivity contribution is 8.01. The van der Waals surface area contributed by atoms with Gasteiger partial charge in [-0.1, -0.05) is 36.1 Å². The summed E-state index contributed by atoms with van der Waals surface area (Å²) in [6, 6.07) is 2.69. The SMILES string of the molecule is CCSc1nnc(NC(=O)[C@@H](C)N(c2cc([N+](=O)[O-])ccc2C)S(C)(=O)=O)s1. The monoisotopic (exact) mass is 445 g/mol. The fourth-order valence-electron chi connectivity index (χ4n) is 2.38. The average molecular weight is 446 g/mol. The van der Waals surface area contributed by atoms with Crippen LogP contribution in [0.5, 0.6) is 0 Å². The number of sulfonamides is 1. The third kappa shape index (κ3) is 5.17. The number of anilines is 2. The van der Waals surface area contributed by atoms with Gasteiger partial charge in [-0.25, -0.2) is 8.42 Å². The molecule has 1 aromatic carbocycles. The van der Waals surface area contributed by atoms with Crippen LogP contribution in [0.25, 0.3) is 0 Å². The summed E-state index contributed by atoms with van der Waals surface area (Å²) in [4.78, 5) is 23.1. The molecule has 1 N–H and O–H groups in total. The molecule has 0 aliphatic heterocycles. The van der Waals surface area contributed by atoms with E-state index in [0.717, 1.165) is 22.4 Å². The van der Waals surface area contributed by atoms with E-state index in [2.05, 4.69) is 15.5 Å². The normalized spacial score (nSPS) is 12.4. The lowest BCUT2D eigenvalue weighted by molar-refractivity contribution is -0.384. The number of non-ortho nitro benzene ring substituents is 1. The Morgan fingerprint density at radius 3 is 2.68 bits per heavy atom. The van der Waals surface area contributed by atoms with Crippen LogP contribution in [-0.4, -0.2) is 47.5 Å². The number of thioether (sulfide) groups is 1. The summed E-state index contributed by atoms with van der Waals surface area (Å²) in [5, 5.41) is 21.7. The predicted molar refractivity (Wildman–Crippen MR) is 110 cm³/mol. The summed E-state index contributed by atoms with van der Waals surface area (Å²) in [5.74, 6) is 0.174. The molecule has 152 valence electrons. The third-order valence-electron chi connectivity index (χ3n) is 3.63. The van der Waals surface area contributed by atoms with Crippen LogP contribution in [0.15, 0.2) is 22.5 Å². The molecule has 0 aliphatic carbocycles. The number of nitrogens with one attached hydrogen (secondary N) is 1. The number of carbonyl (C=O) groups excluding carboxylic acids is 1. The Bertz CT molecular complexity index is 992. The minimum atomic E-state index is -3.91. The van der Waals surface area contributed by atoms with Crippen molar-refractivity contribution in [2.24, 2.45) is 0 Å². The maximum atomic E-state index is 12.7. The molecule has 0 radical (unpaired) electrons. The molecule has 28 heavy (non-hydrogen) atoms. The van der Waals surface area contributed by atoms with E-state index in [4.69, 9.17) is 0 Å². The second-order valence-corrected chi connectivity index (χ2v) is 10.1. The summed E-state index contributed by atoms with van der Waals surface area (Å²) in [5.41, 5.74) is 0.277. The molecule has 1 heterocycles. The van der Waals surface area contributed by atoms with E-state index in [1.165, 1.54) is 42.2 Å². The Balaban J connectivity index is 2.36. The van der Waals surface area contributed by atoms with E-state index in [1.807, 2.05) is 6.92 Å². The van der Waals surface area contributed by atoms with E-state index in [9.17, 15) is 23.3 Å². The van der Waals surface area contributed by atoms with E-state index < -0.39 is 26.9 Å². The molecule has 2 rings (SSSR count). The standard InChI is InChI=1S/C15H19N5O5S3/c1-5-26-15-18-17-14(27-15)16-13(21)10(3)19(28(4,24)25)12-8-11(20(22)23)7-6-9(12)2/h6-8,10H,5H2,1-4H3,(H,16,17,21)/t10-/m1/s1. The zero-order valence-electron chi connectivity index (χ0n) is 15.6. The lowest BCUT2D eigenvalue weighted by Crippen LogP contribution is -2.45. The van der Waals surface area contributed by atoms with Gasteiger partial charge in [0.05, 0.1) is 16.9 Å². The van der Waals surface area contributed by atoms with E-state index in [1.54, 1.807) is 6.92 Å². The maximum Gasteiger partial charge on any atom is 0.271 e. The van der Waals surface area contributed by atoms with Crippen molar-refractivity contribution in [3.05, 3.63) is 33.9 Å². The van der Waals surface area contributed by atoms with Crippen LogP contribution < -0.4 is 9.62 Å². The summed E-state index contributed by atoms with van der Waals surface area (Å²) < 4.78 is 26.3. The number of amides is 1. The summed E-state index contributed by atoms with van der Waals surface area (Å²) in [6.45, 7) is 4.97. The molecule has 0 unspecified atom stereocenters. The quantitative estimate of drug-likeness (QED) is 0.283. The molecular weight excluding hydrogens is 426 g/mol. The van der Waals surface area contributed by atoms with Gasteiger partial charge in [-0.15, -0.1) is 10.2 Å². The Kier molecular flexibility index (Phi) is 6.96. The first kappa shape index (κ1) is 22.0. The molecule has 0 spiro atoms. The fraction of sp³-hybridized carbons (Fsp3) is 0.400. The minimum absolute atomic E-state index is 0.0684. The first-order chi connectivity index (χ1) is 13.0. The number of aromatic nitrogens is 2. The van der Waals surface area contributed by atoms with Gasteiger partial charge in [0.2, 0.25) is 21.1 Å². The Morgan fingerprint density at radius 1 is 1.43 bits per heavy atom. The number of nitrogens with zero attached hydrogens (tertiary/aromatic N) is 4. The minimum Gasteiger partial charge on any atom is -0.299 e. The van der Waals surface area contributed by atoms with Crippen molar-refractivity contribution in [3.8, 4) is 0 Å². The smallest absolute Gasteiger partial charge is 0.271 e. The van der Waals surface area contributed by atoms with Crippen LogP contribution in [-0.2, 0) is 14.8 Å². The second-order valence-electron chi connectivity index (χ2n) is 5.76. The zero-order valence-corrected chi connectivity index (χ0v) is 18.0. The van der Waals surface area contributed by atoms with Gasteiger partial charge in [0, 0.05) is 12.1 Å². The number of nitro groups is 1. The van der Waals surface area contributed by atoms with Crippen molar-refractivity contribution >= 4 is 55.5 Å². The number of rotatable bonds is 8. The van der Waals surface area contributed by atoms with Gasteiger partial charge in [0.1, 0.15) is 6.04 Å². The molecule has 2 aromatic rings. The summed E-state index contributed by atoms with van der Waals surface area (Å²) in [6.07, 6.45) is 0.940. The molecule has 0 saturated carbocycles. The van der Waals surface area contributed by atoms with Gasteiger partial charge in [0.25, 0.3) is 5.69 Å². The Labute approximate surface area is 170 Å². The molecule has 1 amide bonds. The summed E-state index contributed by atoms with van der Waals surface area (Å²) in [7, 11) is -3.91. The maximum absolute atomic E-state index is 12.7. The highest BCUT2D eigenvalue weighted by Gasteiger charge is 2.31. The van der Waals surface area contributed by atoms with Gasteiger partial charge in [-0.05, 0) is 25.2 Å². The second kappa shape index (κ2) is 8.84. The number of carbonyl (C=O) groups is 1. The van der Waals surface area contributed by atoms with Gasteiger partial charge in [0.15, 0.2) is 4.34 Å². The largest absolute Gasteiger partial charge is 0.299 e. The Hall–Kier alpha value is -2.25. The lowest BCUT2D eigenvalue weighted by Gasteiger charge is -2.29. The van der Waals surface area contributed by atoms with Crippen molar-refractivity contribution in [2.75, 3.05) is 21.6 Å². The first-order valence-corrected chi connectivity index (χ1v) is 11.7. The van der Waals surface area contributed by atoms with Crippen molar-refractivity contribution < 1.29 is 18.1 Å². The van der Waals surface area contributed by atoms with Crippen LogP contribution in [0.2, 0.25) is 0 Å². The lowest BCUT2D eigenvalue weighted by atomic mass is 10.1. The van der Waals surface area contributed by atoms with Crippen molar-refractivity contribution in [3.63, 3.8) is 0 Å². The van der Waals surface area contributed by atoms with Gasteiger partial charge >= 0.3 is 0 Å². The molecular formula is C15H19N5O5S3. The molecule has 1 aromatic heterocycles. The van der Waals surface area contributed by atoms with E-state index >= 15 is 0 Å². The Morgan fingerprint density at radius 2 is 2.11 bits per heavy atom. The average Bonchev–Trinajstić information content (AvgIpc) is 3.02. The number of hydrogen-bond acceptors (Lipinski definition) is 9. The highest BCUT2D eigenvalue weighted by Crippen LogP contribution is 2.30. The number of nitro benzene ring substituents is 1. The van der Waals surface area contributed by atoms with Crippen molar-refractivity contribution in [1.29, 1.82) is 0 Å². The van der Waals surface area contributed by atoms with Crippen LogP contribution in [0.3, 0.4) is 0 Å². The molecule has 0 saturated heterocycles. The van der Waals surface area contributed by atoms with E-state index in [0.29, 0.717) is 9.90 Å². The van der Waals surface area contributed by atoms with E-state index in [-0.39, 0.29) is 16.5 Å². The molecule has 0 fully saturated rings. The number of hydrogen-bond donors (Lipinski definition) is 1. The first-order valence-electron chi connectivity index (χ1n) is 8.06. The predicted octanol–water partition coefficient (Wildman–Crippen LogP) is 2.66. The highest BCUT2D eigenvalue weighted by atomic mass is 32.2. The molecule has 1 atom stereocenters. The number of benzene rings is 1. The van der Waals surface area contributed by atoms with Crippen molar-refractivity contribution in [2.45, 2.75) is 31.2 Å². The molecule has 0 bridgehead atoms. The summed E-state index contributed by atoms with van der Waals surface area (Å²) >= 11 is 2.65. The van der Waals surface area contributed by atoms with Gasteiger partial charge in [-0.2, -0.15) is 0 Å². The molecule has 10 nitrogen and oxygen atoms in total. The topological polar surface area (TPSA) is 135 Å². The van der Waals surface area contributed by atoms with Crippen LogP contribution >= 0.6 is 23.1 Å². The molecule has 0 aliphatic rings. The van der Waals surface area contributed by atoms with Crippen molar-refractivity contribution in [1.82, 2.24) is 10.2 Å². The fourth-order valence-corrected chi connectivity index (χ4v) is 5.26. The van der Waals surface area contributed by atoms with Crippen LogP contribution in [0.4, 0.5) is 16.5 Å². The van der Waals surface area contributed by atoms with Gasteiger partial charge in [-0.3, -0.25) is 24.5 Å². The van der Waals surface area contributed by atoms with Crippen LogP contribution in [0, 0.1) is 17.0 Å². The number of aryl methyl sites for hydroxylation is 1. The zero-order chi connectivity index (χ0) is 21.1. The molecule has 13 heteroatoms. The van der Waals surface area contributed by atoms with Crippen LogP contribution in [0.1, 0.15) is 19.4 Å².